The quantitative estimate of drug-likeness (QED) is 0.206. The number of ketones is 2. The minimum absolute atomic E-state index is 0.101. The molecule has 3 aromatic carbocycles. The molecule has 6 rings (SSSR count). The summed E-state index contributed by atoms with van der Waals surface area (Å²) in [7, 11) is 3.63. The Balaban J connectivity index is 1.32. The van der Waals surface area contributed by atoms with Crippen LogP contribution < -0.4 is 18.9 Å². The smallest absolute Gasteiger partial charge is 0.175 e. The van der Waals surface area contributed by atoms with Crippen molar-refractivity contribution in [2.45, 2.75) is 79.4 Å². The number of nitrogens with zero attached hydrogens (tertiary/aromatic N) is 1. The van der Waals surface area contributed by atoms with E-state index < -0.39 is 5.92 Å². The molecule has 0 spiro atoms. The van der Waals surface area contributed by atoms with Crippen molar-refractivity contribution in [1.29, 1.82) is 0 Å². The first-order chi connectivity index (χ1) is 23.3. The van der Waals surface area contributed by atoms with Crippen LogP contribution in [0.25, 0.3) is 0 Å². The first kappa shape index (κ1) is 34.8. The molecule has 0 saturated carbocycles. The van der Waals surface area contributed by atoms with Gasteiger partial charge in [-0.15, -0.1) is 0 Å². The molecule has 3 aromatic rings. The third kappa shape index (κ3) is 7.16. The molecule has 0 bridgehead atoms. The highest BCUT2D eigenvalue weighted by Crippen LogP contribution is 2.55. The van der Waals surface area contributed by atoms with E-state index in [2.05, 4.69) is 48.5 Å². The Bertz CT molecular complexity index is 1790. The van der Waals surface area contributed by atoms with Gasteiger partial charge in [0.1, 0.15) is 13.2 Å². The van der Waals surface area contributed by atoms with Crippen LogP contribution in [0.1, 0.15) is 82.9 Å². The van der Waals surface area contributed by atoms with E-state index in [9.17, 15) is 9.59 Å². The van der Waals surface area contributed by atoms with Gasteiger partial charge in [0.05, 0.1) is 18.2 Å². The van der Waals surface area contributed by atoms with Crippen LogP contribution in [0.3, 0.4) is 0 Å². The maximum absolute atomic E-state index is 14.0. The first-order valence-corrected chi connectivity index (χ1v) is 17.8. The number of methoxy groups -OCH3 is 1. The summed E-state index contributed by atoms with van der Waals surface area (Å²) in [5.41, 5.74) is 5.99. The van der Waals surface area contributed by atoms with Crippen LogP contribution in [0.15, 0.2) is 87.7 Å². The van der Waals surface area contributed by atoms with Crippen molar-refractivity contribution in [1.82, 2.24) is 4.90 Å². The zero-order valence-corrected chi connectivity index (χ0v) is 31.2. The summed E-state index contributed by atoms with van der Waals surface area (Å²) >= 11 is 3.76. The van der Waals surface area contributed by atoms with Crippen molar-refractivity contribution >= 4 is 27.5 Å². The molecule has 0 fully saturated rings. The Hall–Kier alpha value is -4.04. The Kier molecular flexibility index (Phi) is 9.73. The van der Waals surface area contributed by atoms with Gasteiger partial charge in [-0.1, -0.05) is 64.1 Å². The number of ether oxygens (including phenoxy) is 4. The van der Waals surface area contributed by atoms with Crippen LogP contribution in [0, 0.1) is 10.8 Å². The molecule has 49 heavy (non-hydrogen) atoms. The van der Waals surface area contributed by atoms with E-state index in [-0.39, 0.29) is 29.0 Å². The molecule has 3 aliphatic rings. The number of halogens is 1. The summed E-state index contributed by atoms with van der Waals surface area (Å²) in [6.45, 7) is 11.7. The number of carbonyl (C=O) groups is 2. The highest BCUT2D eigenvalue weighted by Gasteiger charge is 2.48. The molecule has 0 saturated heterocycles. The van der Waals surface area contributed by atoms with Gasteiger partial charge in [0, 0.05) is 48.3 Å². The predicted octanol–water partition coefficient (Wildman–Crippen LogP) is 9.33. The maximum Gasteiger partial charge on any atom is 0.175 e. The lowest BCUT2D eigenvalue weighted by atomic mass is 9.64. The van der Waals surface area contributed by atoms with Crippen molar-refractivity contribution in [3.8, 4) is 23.0 Å². The number of benzene rings is 3. The average Bonchev–Trinajstić information content (AvgIpc) is 3.04. The number of rotatable bonds is 10. The first-order valence-electron chi connectivity index (χ1n) is 17.0. The molecule has 0 aromatic heterocycles. The minimum atomic E-state index is -0.468. The van der Waals surface area contributed by atoms with Gasteiger partial charge in [0.25, 0.3) is 0 Å². The summed E-state index contributed by atoms with van der Waals surface area (Å²) in [5, 5.41) is 0. The van der Waals surface area contributed by atoms with Crippen molar-refractivity contribution in [3.63, 3.8) is 0 Å². The molecule has 0 atom stereocenters. The zero-order chi connectivity index (χ0) is 35.1. The minimum Gasteiger partial charge on any atom is -0.493 e. The van der Waals surface area contributed by atoms with E-state index in [1.807, 2.05) is 74.6 Å². The number of hydrogen-bond acceptors (Lipinski definition) is 7. The van der Waals surface area contributed by atoms with Gasteiger partial charge < -0.3 is 23.8 Å². The van der Waals surface area contributed by atoms with E-state index in [0.717, 1.165) is 52.1 Å². The molecular formula is C41H46BrNO6. The van der Waals surface area contributed by atoms with Crippen LogP contribution in [0.4, 0.5) is 0 Å². The van der Waals surface area contributed by atoms with Crippen molar-refractivity contribution in [2.24, 2.45) is 10.8 Å². The molecule has 1 heterocycles. The molecule has 258 valence electrons. The molecule has 0 N–H and O–H groups in total. The van der Waals surface area contributed by atoms with Crippen LogP contribution >= 0.6 is 15.9 Å². The van der Waals surface area contributed by atoms with Gasteiger partial charge >= 0.3 is 0 Å². The second-order valence-corrected chi connectivity index (χ2v) is 15.8. The SMILES string of the molecule is CCOc1cc(COc2c(Br)cc(C3C4=C(CC(C)(C)CC4=O)N(C)C4=C3C(=O)CC(C)(C)C4)cc2OC)ccc1OCc1ccccc1. The largest absolute Gasteiger partial charge is 0.493 e. The van der Waals surface area contributed by atoms with Gasteiger partial charge in [-0.25, -0.2) is 0 Å². The van der Waals surface area contributed by atoms with Gasteiger partial charge in [-0.05, 0) is 87.5 Å². The number of carbonyl (C=O) groups excluding carboxylic acids is 2. The molecule has 7 nitrogen and oxygen atoms in total. The molecule has 0 unspecified atom stereocenters. The Morgan fingerprint density at radius 1 is 0.735 bits per heavy atom. The summed E-state index contributed by atoms with van der Waals surface area (Å²) in [4.78, 5) is 30.1. The fourth-order valence-corrected chi connectivity index (χ4v) is 8.04. The van der Waals surface area contributed by atoms with E-state index >= 15 is 0 Å². The fraction of sp³-hybridized carbons (Fsp3) is 0.415. The molecule has 8 heteroatoms. The van der Waals surface area contributed by atoms with E-state index in [0.29, 0.717) is 53.5 Å². The topological polar surface area (TPSA) is 74.3 Å². The van der Waals surface area contributed by atoms with Gasteiger partial charge in [0.2, 0.25) is 0 Å². The fourth-order valence-electron chi connectivity index (χ4n) is 7.47. The number of allylic oxidation sites excluding steroid dienone is 4. The zero-order valence-electron chi connectivity index (χ0n) is 29.6. The van der Waals surface area contributed by atoms with Gasteiger partial charge in [-0.2, -0.15) is 0 Å². The monoisotopic (exact) mass is 727 g/mol. The number of hydrogen-bond donors (Lipinski definition) is 0. The van der Waals surface area contributed by atoms with Gasteiger partial charge in [-0.3, -0.25) is 9.59 Å². The standard InChI is InChI=1S/C41H46BrNO6/c1-8-47-34-16-26(14-15-33(34)48-23-25-12-10-9-11-13-25)24-49-39-28(42)17-27(18-35(39)46-7)36-37-29(19-40(2,3)21-31(37)44)43(6)30-20-41(4,5)22-32(45)38(30)36/h9-18,36H,8,19-24H2,1-7H3. The van der Waals surface area contributed by atoms with Crippen LogP contribution in [0.5, 0.6) is 23.0 Å². The lowest BCUT2D eigenvalue weighted by molar-refractivity contribution is -0.119. The molecule has 2 aliphatic carbocycles. The third-order valence-corrected chi connectivity index (χ3v) is 10.3. The summed E-state index contributed by atoms with van der Waals surface area (Å²) < 4.78 is 25.0. The lowest BCUT2D eigenvalue weighted by Gasteiger charge is -2.48. The average molecular weight is 729 g/mol. The predicted molar refractivity (Wildman–Crippen MR) is 194 cm³/mol. The summed E-state index contributed by atoms with van der Waals surface area (Å²) in [6, 6.07) is 19.7. The second kappa shape index (κ2) is 13.7. The molecular weight excluding hydrogens is 682 g/mol. The van der Waals surface area contributed by atoms with E-state index in [4.69, 9.17) is 18.9 Å². The van der Waals surface area contributed by atoms with Crippen LogP contribution in [-0.2, 0) is 22.8 Å². The molecule has 1 aliphatic heterocycles. The van der Waals surface area contributed by atoms with Crippen LogP contribution in [0.2, 0.25) is 0 Å². The van der Waals surface area contributed by atoms with E-state index in [1.54, 1.807) is 7.11 Å². The van der Waals surface area contributed by atoms with Crippen molar-refractivity contribution in [2.75, 3.05) is 20.8 Å². The Morgan fingerprint density at radius 3 is 1.94 bits per heavy atom. The Labute approximate surface area is 298 Å². The van der Waals surface area contributed by atoms with Gasteiger partial charge in [0.15, 0.2) is 34.6 Å². The van der Waals surface area contributed by atoms with E-state index in [1.165, 1.54) is 0 Å². The second-order valence-electron chi connectivity index (χ2n) is 14.9. The van der Waals surface area contributed by atoms with Crippen LogP contribution in [-0.4, -0.2) is 37.2 Å². The third-order valence-electron chi connectivity index (χ3n) is 9.69. The maximum atomic E-state index is 14.0. The van der Waals surface area contributed by atoms with Crippen molar-refractivity contribution < 1.29 is 28.5 Å². The normalized spacial score (nSPS) is 18.7. The lowest BCUT2D eigenvalue weighted by Crippen LogP contribution is -2.43. The molecule has 0 amide bonds. The summed E-state index contributed by atoms with van der Waals surface area (Å²) in [6.07, 6.45) is 2.42. The molecule has 0 radical (unpaired) electrons. The highest BCUT2D eigenvalue weighted by atomic mass is 79.9. The van der Waals surface area contributed by atoms with Crippen molar-refractivity contribution in [3.05, 3.63) is 104 Å². The highest BCUT2D eigenvalue weighted by molar-refractivity contribution is 9.10. The number of Topliss-reactive ketones (excluding diaryl/α,β-unsaturated/α-hetero) is 2. The summed E-state index contributed by atoms with van der Waals surface area (Å²) in [5.74, 6) is 2.11. The Morgan fingerprint density at radius 2 is 1.35 bits per heavy atom.